The van der Waals surface area contributed by atoms with Crippen molar-refractivity contribution in [3.63, 3.8) is 0 Å². The first-order valence-electron chi connectivity index (χ1n) is 7.30. The molecule has 1 atom stereocenters. The molecular weight excluding hydrogens is 214 g/mol. The highest BCUT2D eigenvalue weighted by Gasteiger charge is 2.45. The molecule has 0 radical (unpaired) electrons. The van der Waals surface area contributed by atoms with E-state index in [9.17, 15) is 5.11 Å². The lowest BCUT2D eigenvalue weighted by Gasteiger charge is -2.46. The van der Waals surface area contributed by atoms with E-state index in [1.165, 1.54) is 45.2 Å². The summed E-state index contributed by atoms with van der Waals surface area (Å²) in [4.78, 5) is 2.56. The van der Waals surface area contributed by atoms with Crippen molar-refractivity contribution in [3.05, 3.63) is 0 Å². The number of piperidine rings is 1. The summed E-state index contributed by atoms with van der Waals surface area (Å²) in [6, 6.07) is 0. The highest BCUT2D eigenvalue weighted by Crippen LogP contribution is 2.39. The molecule has 17 heavy (non-hydrogen) atoms. The van der Waals surface area contributed by atoms with Crippen LogP contribution in [0, 0.1) is 0 Å². The molecule has 0 bridgehead atoms. The average Bonchev–Trinajstić information content (AvgIpc) is 2.87. The third kappa shape index (κ3) is 2.83. The van der Waals surface area contributed by atoms with E-state index >= 15 is 0 Å². The Morgan fingerprint density at radius 3 is 2.35 bits per heavy atom. The van der Waals surface area contributed by atoms with Gasteiger partial charge >= 0.3 is 0 Å². The van der Waals surface area contributed by atoms with Crippen molar-refractivity contribution < 1.29 is 9.84 Å². The van der Waals surface area contributed by atoms with Gasteiger partial charge in [0.2, 0.25) is 0 Å². The minimum Gasteiger partial charge on any atom is -0.389 e. The molecule has 2 aliphatic rings. The number of aliphatic hydroxyl groups is 1. The van der Waals surface area contributed by atoms with Crippen LogP contribution < -0.4 is 0 Å². The number of likely N-dealkylation sites (tertiary alicyclic amines) is 1. The van der Waals surface area contributed by atoms with Gasteiger partial charge < -0.3 is 9.84 Å². The summed E-state index contributed by atoms with van der Waals surface area (Å²) in [5.41, 5.74) is 0.0373. The lowest BCUT2D eigenvalue weighted by Crippen LogP contribution is -2.58. The zero-order chi connectivity index (χ0) is 12.1. The van der Waals surface area contributed by atoms with Gasteiger partial charge in [-0.25, -0.2) is 0 Å². The van der Waals surface area contributed by atoms with Gasteiger partial charge in [-0.05, 0) is 45.7 Å². The average molecular weight is 241 g/mol. The van der Waals surface area contributed by atoms with Crippen LogP contribution in [0.3, 0.4) is 0 Å². The monoisotopic (exact) mass is 241 g/mol. The fourth-order valence-electron chi connectivity index (χ4n) is 3.57. The second kappa shape index (κ2) is 6.17. The SMILES string of the molecule is CCOCC(O)C1(N2CCCCC2)CCCC1. The molecule has 0 spiro atoms. The van der Waals surface area contributed by atoms with Crippen LogP contribution in [0.25, 0.3) is 0 Å². The summed E-state index contributed by atoms with van der Waals surface area (Å²) in [6.45, 7) is 5.54. The Balaban J connectivity index is 2.02. The van der Waals surface area contributed by atoms with Gasteiger partial charge in [0.1, 0.15) is 0 Å². The molecule has 1 N–H and O–H groups in total. The zero-order valence-electron chi connectivity index (χ0n) is 11.2. The Morgan fingerprint density at radius 2 is 1.76 bits per heavy atom. The minimum absolute atomic E-state index is 0.0373. The van der Waals surface area contributed by atoms with Gasteiger partial charge in [0.15, 0.2) is 0 Å². The van der Waals surface area contributed by atoms with Gasteiger partial charge in [-0.2, -0.15) is 0 Å². The van der Waals surface area contributed by atoms with E-state index in [1.807, 2.05) is 6.92 Å². The van der Waals surface area contributed by atoms with Gasteiger partial charge in [0.25, 0.3) is 0 Å². The second-order valence-corrected chi connectivity index (χ2v) is 5.53. The molecule has 0 amide bonds. The first-order chi connectivity index (χ1) is 8.29. The fourth-order valence-corrected chi connectivity index (χ4v) is 3.57. The third-order valence-corrected chi connectivity index (χ3v) is 4.56. The van der Waals surface area contributed by atoms with E-state index < -0.39 is 0 Å². The fraction of sp³-hybridized carbons (Fsp3) is 1.00. The molecule has 1 saturated carbocycles. The number of hydrogen-bond donors (Lipinski definition) is 1. The van der Waals surface area contributed by atoms with Crippen molar-refractivity contribution in [3.8, 4) is 0 Å². The van der Waals surface area contributed by atoms with Crippen molar-refractivity contribution in [2.75, 3.05) is 26.3 Å². The largest absolute Gasteiger partial charge is 0.389 e. The Kier molecular flexibility index (Phi) is 4.83. The summed E-state index contributed by atoms with van der Waals surface area (Å²) < 4.78 is 5.45. The number of ether oxygens (including phenoxy) is 1. The Hall–Kier alpha value is -0.120. The van der Waals surface area contributed by atoms with Gasteiger partial charge in [0.05, 0.1) is 12.7 Å². The van der Waals surface area contributed by atoms with E-state index in [2.05, 4.69) is 4.90 Å². The predicted octanol–water partition coefficient (Wildman–Crippen LogP) is 2.18. The maximum atomic E-state index is 10.5. The molecule has 1 aliphatic carbocycles. The molecule has 2 fully saturated rings. The maximum Gasteiger partial charge on any atom is 0.0956 e. The summed E-state index contributed by atoms with van der Waals surface area (Å²) >= 11 is 0. The summed E-state index contributed by atoms with van der Waals surface area (Å²) in [5.74, 6) is 0. The predicted molar refractivity (Wildman–Crippen MR) is 69.1 cm³/mol. The molecule has 100 valence electrons. The zero-order valence-corrected chi connectivity index (χ0v) is 11.2. The van der Waals surface area contributed by atoms with Crippen LogP contribution >= 0.6 is 0 Å². The number of aliphatic hydroxyl groups excluding tert-OH is 1. The van der Waals surface area contributed by atoms with E-state index in [0.717, 1.165) is 12.8 Å². The second-order valence-electron chi connectivity index (χ2n) is 5.53. The number of rotatable bonds is 5. The van der Waals surface area contributed by atoms with Crippen LogP contribution in [0.15, 0.2) is 0 Å². The van der Waals surface area contributed by atoms with E-state index in [-0.39, 0.29) is 11.6 Å². The summed E-state index contributed by atoms with van der Waals surface area (Å²) in [5, 5.41) is 10.5. The lowest BCUT2D eigenvalue weighted by molar-refractivity contribution is -0.0750. The highest BCUT2D eigenvalue weighted by atomic mass is 16.5. The molecule has 1 saturated heterocycles. The molecule has 0 aromatic heterocycles. The van der Waals surface area contributed by atoms with Crippen LogP contribution in [0.4, 0.5) is 0 Å². The molecule has 1 aliphatic heterocycles. The molecule has 1 heterocycles. The van der Waals surface area contributed by atoms with E-state index in [1.54, 1.807) is 0 Å². The first-order valence-corrected chi connectivity index (χ1v) is 7.30. The van der Waals surface area contributed by atoms with Crippen LogP contribution in [-0.2, 0) is 4.74 Å². The molecule has 2 rings (SSSR count). The van der Waals surface area contributed by atoms with Crippen molar-refractivity contribution in [2.45, 2.75) is 63.5 Å². The van der Waals surface area contributed by atoms with Gasteiger partial charge in [-0.3, -0.25) is 4.90 Å². The highest BCUT2D eigenvalue weighted by molar-refractivity contribution is 5.01. The van der Waals surface area contributed by atoms with Crippen LogP contribution in [-0.4, -0.2) is 48.0 Å². The Labute approximate surface area is 105 Å². The Bertz CT molecular complexity index is 220. The van der Waals surface area contributed by atoms with Crippen molar-refractivity contribution in [2.24, 2.45) is 0 Å². The summed E-state index contributed by atoms with van der Waals surface area (Å²) in [6.07, 6.45) is 8.48. The molecule has 3 nitrogen and oxygen atoms in total. The normalized spacial score (nSPS) is 27.2. The molecular formula is C14H27NO2. The van der Waals surface area contributed by atoms with Crippen LogP contribution in [0.5, 0.6) is 0 Å². The number of nitrogens with zero attached hydrogens (tertiary/aromatic N) is 1. The van der Waals surface area contributed by atoms with Crippen molar-refractivity contribution >= 4 is 0 Å². The molecule has 1 unspecified atom stereocenters. The molecule has 3 heteroatoms. The topological polar surface area (TPSA) is 32.7 Å². The Morgan fingerprint density at radius 1 is 1.12 bits per heavy atom. The molecule has 0 aromatic rings. The standard InChI is InChI=1S/C14H27NO2/c1-2-17-12-13(16)14(8-4-5-9-14)15-10-6-3-7-11-15/h13,16H,2-12H2,1H3. The quantitative estimate of drug-likeness (QED) is 0.801. The van der Waals surface area contributed by atoms with E-state index in [4.69, 9.17) is 4.74 Å². The maximum absolute atomic E-state index is 10.5. The van der Waals surface area contributed by atoms with Crippen LogP contribution in [0.1, 0.15) is 51.9 Å². The van der Waals surface area contributed by atoms with Gasteiger partial charge in [-0.1, -0.05) is 19.3 Å². The van der Waals surface area contributed by atoms with Crippen molar-refractivity contribution in [1.29, 1.82) is 0 Å². The lowest BCUT2D eigenvalue weighted by atomic mass is 9.86. The van der Waals surface area contributed by atoms with Crippen molar-refractivity contribution in [1.82, 2.24) is 4.90 Å². The van der Waals surface area contributed by atoms with Crippen LogP contribution in [0.2, 0.25) is 0 Å². The van der Waals surface area contributed by atoms with Gasteiger partial charge in [-0.15, -0.1) is 0 Å². The summed E-state index contributed by atoms with van der Waals surface area (Å²) in [7, 11) is 0. The third-order valence-electron chi connectivity index (χ3n) is 4.56. The first kappa shape index (κ1) is 13.3. The number of hydrogen-bond acceptors (Lipinski definition) is 3. The minimum atomic E-state index is -0.303. The molecule has 0 aromatic carbocycles. The van der Waals surface area contributed by atoms with E-state index in [0.29, 0.717) is 13.2 Å². The smallest absolute Gasteiger partial charge is 0.0956 e. The van der Waals surface area contributed by atoms with Gasteiger partial charge in [0, 0.05) is 12.1 Å².